The molecule has 0 radical (unpaired) electrons. The van der Waals surface area contributed by atoms with Crippen molar-refractivity contribution in [2.45, 2.75) is 25.8 Å². The molecule has 1 aromatic rings. The predicted octanol–water partition coefficient (Wildman–Crippen LogP) is 1.59. The molecule has 1 atom stereocenters. The first-order chi connectivity index (χ1) is 12.2. The Kier molecular flexibility index (Phi) is 5.06. The van der Waals surface area contributed by atoms with Crippen molar-refractivity contribution in [3.05, 3.63) is 35.4 Å². The summed E-state index contributed by atoms with van der Waals surface area (Å²) in [6.07, 6.45) is 1.76. The van der Waals surface area contributed by atoms with Gasteiger partial charge in [-0.3, -0.25) is 4.79 Å². The third-order valence-electron chi connectivity index (χ3n) is 5.32. The van der Waals surface area contributed by atoms with Gasteiger partial charge in [-0.25, -0.2) is 8.78 Å². The molecule has 2 aliphatic rings. The standard InChI is InChI=1S/C17H23F2N3O3S/c1-20(2)26(24,25)22-10-8-17(12-22)7-4-9-21(16(17)23)11-13-5-3-6-14(18)15(13)19/h3,5-6H,4,7-12H2,1-2H3/t17-/m1/s1. The summed E-state index contributed by atoms with van der Waals surface area (Å²) in [5.74, 6) is -2.06. The highest BCUT2D eigenvalue weighted by Crippen LogP contribution is 2.41. The fraction of sp³-hybridized carbons (Fsp3) is 0.588. The molecule has 9 heteroatoms. The molecule has 1 aromatic carbocycles. The summed E-state index contributed by atoms with van der Waals surface area (Å²) >= 11 is 0. The van der Waals surface area contributed by atoms with Crippen molar-refractivity contribution in [2.24, 2.45) is 5.41 Å². The van der Waals surface area contributed by atoms with Gasteiger partial charge in [0.25, 0.3) is 10.2 Å². The largest absolute Gasteiger partial charge is 0.338 e. The van der Waals surface area contributed by atoms with E-state index in [1.807, 2.05) is 0 Å². The fourth-order valence-electron chi connectivity index (χ4n) is 3.82. The van der Waals surface area contributed by atoms with Crippen LogP contribution in [0.2, 0.25) is 0 Å². The molecule has 1 amide bonds. The lowest BCUT2D eigenvalue weighted by atomic mass is 9.78. The van der Waals surface area contributed by atoms with Gasteiger partial charge in [-0.1, -0.05) is 12.1 Å². The molecule has 144 valence electrons. The highest BCUT2D eigenvalue weighted by molar-refractivity contribution is 7.86. The predicted molar refractivity (Wildman–Crippen MR) is 92.2 cm³/mol. The van der Waals surface area contributed by atoms with E-state index in [2.05, 4.69) is 0 Å². The molecule has 1 spiro atoms. The molecular formula is C17H23F2N3O3S. The number of hydrogen-bond acceptors (Lipinski definition) is 3. The number of amides is 1. The van der Waals surface area contributed by atoms with Crippen LogP contribution in [0.3, 0.4) is 0 Å². The van der Waals surface area contributed by atoms with Gasteiger partial charge in [0.2, 0.25) is 5.91 Å². The van der Waals surface area contributed by atoms with E-state index >= 15 is 0 Å². The van der Waals surface area contributed by atoms with Gasteiger partial charge in [-0.2, -0.15) is 17.0 Å². The van der Waals surface area contributed by atoms with Crippen LogP contribution in [-0.4, -0.2) is 61.6 Å². The second-order valence-corrected chi connectivity index (χ2v) is 9.34. The minimum Gasteiger partial charge on any atom is -0.338 e. The Labute approximate surface area is 152 Å². The van der Waals surface area contributed by atoms with Gasteiger partial charge >= 0.3 is 0 Å². The van der Waals surface area contributed by atoms with E-state index in [1.54, 1.807) is 0 Å². The smallest absolute Gasteiger partial charge is 0.281 e. The molecule has 3 rings (SSSR count). The number of benzene rings is 1. The summed E-state index contributed by atoms with van der Waals surface area (Å²) in [5.41, 5.74) is -0.642. The van der Waals surface area contributed by atoms with Crippen molar-refractivity contribution < 1.29 is 22.0 Å². The molecule has 6 nitrogen and oxygen atoms in total. The molecule has 0 aromatic heterocycles. The van der Waals surface area contributed by atoms with Gasteiger partial charge in [0, 0.05) is 45.8 Å². The molecule has 2 saturated heterocycles. The van der Waals surface area contributed by atoms with Crippen LogP contribution in [-0.2, 0) is 21.5 Å². The van der Waals surface area contributed by atoms with Gasteiger partial charge < -0.3 is 4.90 Å². The maximum Gasteiger partial charge on any atom is 0.281 e. The van der Waals surface area contributed by atoms with E-state index in [9.17, 15) is 22.0 Å². The van der Waals surface area contributed by atoms with Gasteiger partial charge in [0.05, 0.1) is 5.41 Å². The lowest BCUT2D eigenvalue weighted by Gasteiger charge is -2.39. The SMILES string of the molecule is CN(C)S(=O)(=O)N1CC[C@]2(CCCN(Cc3cccc(F)c3F)C2=O)C1. The van der Waals surface area contributed by atoms with Gasteiger partial charge in [-0.05, 0) is 25.3 Å². The van der Waals surface area contributed by atoms with Crippen LogP contribution in [0.5, 0.6) is 0 Å². The van der Waals surface area contributed by atoms with Crippen molar-refractivity contribution in [2.75, 3.05) is 33.7 Å². The number of halogens is 2. The third-order valence-corrected chi connectivity index (χ3v) is 7.21. The van der Waals surface area contributed by atoms with E-state index in [0.717, 1.165) is 10.4 Å². The maximum absolute atomic E-state index is 14.0. The summed E-state index contributed by atoms with van der Waals surface area (Å²) in [6, 6.07) is 3.92. The zero-order valence-corrected chi connectivity index (χ0v) is 15.7. The number of rotatable bonds is 4. The van der Waals surface area contributed by atoms with Crippen LogP contribution in [0, 0.1) is 17.0 Å². The summed E-state index contributed by atoms with van der Waals surface area (Å²) in [4.78, 5) is 14.6. The molecule has 0 unspecified atom stereocenters. The normalized spacial score (nSPS) is 24.8. The molecule has 0 saturated carbocycles. The van der Waals surface area contributed by atoms with Gasteiger partial charge in [0.1, 0.15) is 0 Å². The summed E-state index contributed by atoms with van der Waals surface area (Å²) in [5, 5.41) is 0. The summed E-state index contributed by atoms with van der Waals surface area (Å²) in [7, 11) is -0.657. The van der Waals surface area contributed by atoms with E-state index < -0.39 is 27.3 Å². The van der Waals surface area contributed by atoms with Crippen LogP contribution >= 0.6 is 0 Å². The monoisotopic (exact) mass is 387 g/mol. The first kappa shape index (κ1) is 19.2. The quantitative estimate of drug-likeness (QED) is 0.788. The highest BCUT2D eigenvalue weighted by Gasteiger charge is 2.51. The molecule has 0 bridgehead atoms. The Bertz CT molecular complexity index is 815. The Hall–Kier alpha value is -1.58. The molecule has 2 heterocycles. The van der Waals surface area contributed by atoms with Gasteiger partial charge in [0.15, 0.2) is 11.6 Å². The van der Waals surface area contributed by atoms with Crippen molar-refractivity contribution in [1.82, 2.24) is 13.5 Å². The number of likely N-dealkylation sites (tertiary alicyclic amines) is 1. The van der Waals surface area contributed by atoms with Crippen molar-refractivity contribution in [1.29, 1.82) is 0 Å². The first-order valence-electron chi connectivity index (χ1n) is 8.57. The van der Waals surface area contributed by atoms with E-state index in [-0.39, 0.29) is 31.1 Å². The van der Waals surface area contributed by atoms with Crippen LogP contribution in [0.1, 0.15) is 24.8 Å². The Morgan fingerprint density at radius 1 is 1.19 bits per heavy atom. The van der Waals surface area contributed by atoms with Crippen LogP contribution in [0.15, 0.2) is 18.2 Å². The lowest BCUT2D eigenvalue weighted by Crippen LogP contribution is -2.50. The molecule has 2 fully saturated rings. The number of carbonyl (C=O) groups is 1. The minimum absolute atomic E-state index is 0.00932. The van der Waals surface area contributed by atoms with E-state index in [0.29, 0.717) is 25.8 Å². The average molecular weight is 387 g/mol. The van der Waals surface area contributed by atoms with Crippen molar-refractivity contribution in [3.63, 3.8) is 0 Å². The Morgan fingerprint density at radius 3 is 2.62 bits per heavy atom. The second kappa shape index (κ2) is 6.86. The van der Waals surface area contributed by atoms with Crippen molar-refractivity contribution in [3.8, 4) is 0 Å². The first-order valence-corrected chi connectivity index (χ1v) is 9.97. The maximum atomic E-state index is 14.0. The zero-order chi connectivity index (χ0) is 19.1. The van der Waals surface area contributed by atoms with E-state index in [1.165, 1.54) is 35.4 Å². The summed E-state index contributed by atoms with van der Waals surface area (Å²) in [6.45, 7) is 0.866. The third kappa shape index (κ3) is 3.23. The van der Waals surface area contributed by atoms with Crippen molar-refractivity contribution >= 4 is 16.1 Å². The zero-order valence-electron chi connectivity index (χ0n) is 14.9. The molecule has 0 N–H and O–H groups in total. The van der Waals surface area contributed by atoms with Gasteiger partial charge in [-0.15, -0.1) is 0 Å². The van der Waals surface area contributed by atoms with Crippen LogP contribution in [0.4, 0.5) is 8.78 Å². The number of hydrogen-bond donors (Lipinski definition) is 0. The number of nitrogens with zero attached hydrogens (tertiary/aromatic N) is 3. The summed E-state index contributed by atoms with van der Waals surface area (Å²) < 4.78 is 54.6. The lowest BCUT2D eigenvalue weighted by molar-refractivity contribution is -0.146. The van der Waals surface area contributed by atoms with E-state index in [4.69, 9.17) is 0 Å². The van der Waals surface area contributed by atoms with Crippen LogP contribution in [0.25, 0.3) is 0 Å². The molecule has 26 heavy (non-hydrogen) atoms. The fourth-order valence-corrected chi connectivity index (χ4v) is 5.01. The second-order valence-electron chi connectivity index (χ2n) is 7.20. The molecular weight excluding hydrogens is 364 g/mol. The van der Waals surface area contributed by atoms with Crippen LogP contribution < -0.4 is 0 Å². The molecule has 0 aliphatic carbocycles. The topological polar surface area (TPSA) is 60.9 Å². The highest BCUT2D eigenvalue weighted by atomic mass is 32.2. The molecule has 2 aliphatic heterocycles. The Balaban J connectivity index is 1.79. The number of carbonyl (C=O) groups excluding carboxylic acids is 1. The average Bonchev–Trinajstić information content (AvgIpc) is 3.02. The minimum atomic E-state index is -3.58. The number of piperidine rings is 1. The Morgan fingerprint density at radius 2 is 1.92 bits per heavy atom.